The molecule has 1 aliphatic heterocycles. The van der Waals surface area contributed by atoms with Gasteiger partial charge in [0.15, 0.2) is 0 Å². The SMILES string of the molecule is CC(C)CC1CNc2cc(Br)c(F)cc2N1. The number of halogens is 2. The van der Waals surface area contributed by atoms with Gasteiger partial charge in [-0.05, 0) is 34.3 Å². The third kappa shape index (κ3) is 2.48. The molecule has 88 valence electrons. The highest BCUT2D eigenvalue weighted by Crippen LogP contribution is 2.32. The summed E-state index contributed by atoms with van der Waals surface area (Å²) in [5, 5.41) is 6.70. The second kappa shape index (κ2) is 4.62. The molecule has 1 heterocycles. The zero-order valence-electron chi connectivity index (χ0n) is 9.48. The molecular weight excluding hydrogens is 271 g/mol. The van der Waals surface area contributed by atoms with Crippen LogP contribution in [0, 0.1) is 11.7 Å². The number of nitrogens with one attached hydrogen (secondary N) is 2. The zero-order chi connectivity index (χ0) is 11.7. The van der Waals surface area contributed by atoms with Crippen LogP contribution in [0.1, 0.15) is 20.3 Å². The van der Waals surface area contributed by atoms with Crippen molar-refractivity contribution in [2.45, 2.75) is 26.3 Å². The second-order valence-electron chi connectivity index (χ2n) is 4.66. The molecule has 1 unspecified atom stereocenters. The third-order valence-corrected chi connectivity index (χ3v) is 3.32. The van der Waals surface area contributed by atoms with Gasteiger partial charge in [-0.25, -0.2) is 4.39 Å². The van der Waals surface area contributed by atoms with E-state index in [1.807, 2.05) is 0 Å². The molecule has 2 rings (SSSR count). The maximum Gasteiger partial charge on any atom is 0.139 e. The quantitative estimate of drug-likeness (QED) is 0.863. The molecular formula is C12H16BrFN2. The molecule has 0 aromatic heterocycles. The Labute approximate surface area is 104 Å². The molecule has 0 saturated carbocycles. The topological polar surface area (TPSA) is 24.1 Å². The molecule has 0 radical (unpaired) electrons. The molecule has 0 bridgehead atoms. The first-order valence-corrected chi connectivity index (χ1v) is 6.35. The van der Waals surface area contributed by atoms with Gasteiger partial charge in [-0.15, -0.1) is 0 Å². The predicted molar refractivity (Wildman–Crippen MR) is 69.5 cm³/mol. The van der Waals surface area contributed by atoms with E-state index in [0.717, 1.165) is 24.3 Å². The Morgan fingerprint density at radius 1 is 1.44 bits per heavy atom. The van der Waals surface area contributed by atoms with E-state index in [1.54, 1.807) is 12.1 Å². The number of fused-ring (bicyclic) bond motifs is 1. The monoisotopic (exact) mass is 286 g/mol. The highest BCUT2D eigenvalue weighted by atomic mass is 79.9. The first-order valence-electron chi connectivity index (χ1n) is 5.55. The minimum absolute atomic E-state index is 0.224. The lowest BCUT2D eigenvalue weighted by molar-refractivity contribution is 0.524. The fourth-order valence-electron chi connectivity index (χ4n) is 2.03. The molecule has 4 heteroatoms. The zero-order valence-corrected chi connectivity index (χ0v) is 11.1. The van der Waals surface area contributed by atoms with Gasteiger partial charge >= 0.3 is 0 Å². The van der Waals surface area contributed by atoms with Crippen LogP contribution < -0.4 is 10.6 Å². The lowest BCUT2D eigenvalue weighted by atomic mass is 10.0. The molecule has 0 amide bonds. The largest absolute Gasteiger partial charge is 0.381 e. The van der Waals surface area contributed by atoms with Crippen LogP contribution in [0.25, 0.3) is 0 Å². The van der Waals surface area contributed by atoms with Crippen molar-refractivity contribution < 1.29 is 4.39 Å². The first-order chi connectivity index (χ1) is 7.56. The van der Waals surface area contributed by atoms with Gasteiger partial charge < -0.3 is 10.6 Å². The maximum atomic E-state index is 13.4. The lowest BCUT2D eigenvalue weighted by Crippen LogP contribution is -2.34. The van der Waals surface area contributed by atoms with E-state index in [1.165, 1.54) is 0 Å². The van der Waals surface area contributed by atoms with Gasteiger partial charge in [-0.2, -0.15) is 0 Å². The van der Waals surface area contributed by atoms with E-state index in [4.69, 9.17) is 0 Å². The molecule has 0 fully saturated rings. The summed E-state index contributed by atoms with van der Waals surface area (Å²) >= 11 is 3.19. The molecule has 0 aliphatic carbocycles. The smallest absolute Gasteiger partial charge is 0.139 e. The molecule has 2 nitrogen and oxygen atoms in total. The summed E-state index contributed by atoms with van der Waals surface area (Å²) < 4.78 is 13.9. The van der Waals surface area contributed by atoms with E-state index < -0.39 is 0 Å². The Kier molecular flexibility index (Phi) is 3.38. The summed E-state index contributed by atoms with van der Waals surface area (Å²) in [7, 11) is 0. The van der Waals surface area contributed by atoms with Crippen molar-refractivity contribution in [2.24, 2.45) is 5.92 Å². The third-order valence-electron chi connectivity index (χ3n) is 2.71. The summed E-state index contributed by atoms with van der Waals surface area (Å²) in [6, 6.07) is 3.70. The van der Waals surface area contributed by atoms with E-state index in [-0.39, 0.29) is 5.82 Å². The van der Waals surface area contributed by atoms with Gasteiger partial charge in [0.2, 0.25) is 0 Å². The molecule has 16 heavy (non-hydrogen) atoms. The summed E-state index contributed by atoms with van der Waals surface area (Å²) in [5.41, 5.74) is 1.82. The number of rotatable bonds is 2. The normalized spacial score (nSPS) is 18.9. The van der Waals surface area contributed by atoms with Crippen molar-refractivity contribution in [3.8, 4) is 0 Å². The van der Waals surface area contributed by atoms with Crippen molar-refractivity contribution >= 4 is 27.3 Å². The van der Waals surface area contributed by atoms with Gasteiger partial charge in [0.1, 0.15) is 5.82 Å². The second-order valence-corrected chi connectivity index (χ2v) is 5.52. The van der Waals surface area contributed by atoms with E-state index in [9.17, 15) is 4.39 Å². The minimum atomic E-state index is -0.224. The standard InChI is InChI=1S/C12H16BrFN2/c1-7(2)3-8-6-15-11-4-9(13)10(14)5-12(11)16-8/h4-5,7-8,15-16H,3,6H2,1-2H3. The number of hydrogen-bond donors (Lipinski definition) is 2. The van der Waals surface area contributed by atoms with Crippen molar-refractivity contribution in [1.29, 1.82) is 0 Å². The van der Waals surface area contributed by atoms with Gasteiger partial charge in [0.25, 0.3) is 0 Å². The Hall–Kier alpha value is -0.770. The van der Waals surface area contributed by atoms with Crippen LogP contribution in [0.5, 0.6) is 0 Å². The predicted octanol–water partition coefficient (Wildman–Crippen LogP) is 3.84. The minimum Gasteiger partial charge on any atom is -0.381 e. The fourth-order valence-corrected chi connectivity index (χ4v) is 2.37. The molecule has 1 aromatic carbocycles. The van der Waals surface area contributed by atoms with Crippen LogP contribution in [0.4, 0.5) is 15.8 Å². The van der Waals surface area contributed by atoms with Gasteiger partial charge in [0, 0.05) is 18.7 Å². The number of benzene rings is 1. The Balaban J connectivity index is 2.17. The summed E-state index contributed by atoms with van der Waals surface area (Å²) in [4.78, 5) is 0. The molecule has 1 atom stereocenters. The van der Waals surface area contributed by atoms with Gasteiger partial charge in [0.05, 0.1) is 15.8 Å². The van der Waals surface area contributed by atoms with E-state index >= 15 is 0 Å². The lowest BCUT2D eigenvalue weighted by Gasteiger charge is -2.29. The van der Waals surface area contributed by atoms with Crippen molar-refractivity contribution in [1.82, 2.24) is 0 Å². The summed E-state index contributed by atoms with van der Waals surface area (Å²) in [5.74, 6) is 0.416. The maximum absolute atomic E-state index is 13.4. The van der Waals surface area contributed by atoms with Crippen LogP contribution in [0.3, 0.4) is 0 Å². The van der Waals surface area contributed by atoms with Crippen molar-refractivity contribution in [2.75, 3.05) is 17.2 Å². The Morgan fingerprint density at radius 3 is 2.88 bits per heavy atom. The molecule has 0 saturated heterocycles. The van der Waals surface area contributed by atoms with E-state index in [2.05, 4.69) is 40.4 Å². The van der Waals surface area contributed by atoms with Crippen LogP contribution in [-0.2, 0) is 0 Å². The van der Waals surface area contributed by atoms with Crippen LogP contribution in [0.2, 0.25) is 0 Å². The van der Waals surface area contributed by atoms with Crippen LogP contribution in [0.15, 0.2) is 16.6 Å². The highest BCUT2D eigenvalue weighted by molar-refractivity contribution is 9.10. The van der Waals surface area contributed by atoms with Crippen LogP contribution >= 0.6 is 15.9 Å². The van der Waals surface area contributed by atoms with Gasteiger partial charge in [-0.3, -0.25) is 0 Å². The van der Waals surface area contributed by atoms with Crippen LogP contribution in [-0.4, -0.2) is 12.6 Å². The molecule has 1 aromatic rings. The highest BCUT2D eigenvalue weighted by Gasteiger charge is 2.19. The molecule has 2 N–H and O–H groups in total. The molecule has 0 spiro atoms. The number of anilines is 2. The Bertz CT molecular complexity index is 393. The Morgan fingerprint density at radius 2 is 2.19 bits per heavy atom. The van der Waals surface area contributed by atoms with Crippen molar-refractivity contribution in [3.05, 3.63) is 22.4 Å². The average Bonchev–Trinajstić information content (AvgIpc) is 2.19. The van der Waals surface area contributed by atoms with Crippen molar-refractivity contribution in [3.63, 3.8) is 0 Å². The first kappa shape index (κ1) is 11.7. The summed E-state index contributed by atoms with van der Waals surface area (Å²) in [6.07, 6.45) is 1.09. The molecule has 1 aliphatic rings. The van der Waals surface area contributed by atoms with Gasteiger partial charge in [-0.1, -0.05) is 13.8 Å². The average molecular weight is 287 g/mol. The fraction of sp³-hybridized carbons (Fsp3) is 0.500. The van der Waals surface area contributed by atoms with E-state index in [0.29, 0.717) is 16.4 Å². The summed E-state index contributed by atoms with van der Waals surface area (Å²) in [6.45, 7) is 5.28. The number of hydrogen-bond acceptors (Lipinski definition) is 2.